The minimum absolute atomic E-state index is 0.270. The van der Waals surface area contributed by atoms with Crippen molar-refractivity contribution in [1.29, 1.82) is 0 Å². The van der Waals surface area contributed by atoms with Crippen LogP contribution in [0.15, 0.2) is 0 Å². The van der Waals surface area contributed by atoms with Crippen LogP contribution < -0.4 is 4.90 Å². The lowest BCUT2D eigenvalue weighted by molar-refractivity contribution is -0.0115. The summed E-state index contributed by atoms with van der Waals surface area (Å²) in [6.45, 7) is 7.99. The summed E-state index contributed by atoms with van der Waals surface area (Å²) in [5.74, 6) is 3.47. The van der Waals surface area contributed by atoms with Crippen LogP contribution in [0, 0.1) is 11.8 Å². The van der Waals surface area contributed by atoms with Crippen LogP contribution in [0.1, 0.15) is 18.7 Å². The summed E-state index contributed by atoms with van der Waals surface area (Å²) in [6, 6.07) is 0. The molecule has 3 aliphatic heterocycles. The maximum absolute atomic E-state index is 6.23. The SMILES string of the molecule is Cn1c(CN2CC(C3CCOCC3)C2)nc2c(N3CCOCC3)nc(Cl)nc21. The van der Waals surface area contributed by atoms with Gasteiger partial charge in [-0.1, -0.05) is 0 Å². The zero-order valence-electron chi connectivity index (χ0n) is 16.3. The first-order valence-corrected chi connectivity index (χ1v) is 10.6. The van der Waals surface area contributed by atoms with Crippen LogP contribution in [0.25, 0.3) is 11.2 Å². The first-order chi connectivity index (χ1) is 13.7. The Kier molecular flexibility index (Phi) is 5.13. The molecule has 8 nitrogen and oxygen atoms in total. The Morgan fingerprint density at radius 3 is 2.43 bits per heavy atom. The molecule has 0 saturated carbocycles. The van der Waals surface area contributed by atoms with Crippen molar-refractivity contribution in [1.82, 2.24) is 24.4 Å². The summed E-state index contributed by atoms with van der Waals surface area (Å²) in [5.41, 5.74) is 1.64. The van der Waals surface area contributed by atoms with Gasteiger partial charge in [-0.25, -0.2) is 4.98 Å². The number of halogens is 1. The van der Waals surface area contributed by atoms with Crippen molar-refractivity contribution in [3.8, 4) is 0 Å². The van der Waals surface area contributed by atoms with Crippen molar-refractivity contribution in [3.05, 3.63) is 11.1 Å². The number of aryl methyl sites for hydroxylation is 1. The number of nitrogens with zero attached hydrogens (tertiary/aromatic N) is 6. The van der Waals surface area contributed by atoms with E-state index >= 15 is 0 Å². The highest BCUT2D eigenvalue weighted by atomic mass is 35.5. The van der Waals surface area contributed by atoms with Crippen LogP contribution >= 0.6 is 11.6 Å². The highest BCUT2D eigenvalue weighted by Gasteiger charge is 2.35. The van der Waals surface area contributed by atoms with Gasteiger partial charge in [0.15, 0.2) is 17.0 Å². The van der Waals surface area contributed by atoms with Crippen molar-refractivity contribution in [2.75, 3.05) is 57.5 Å². The third-order valence-electron chi connectivity index (χ3n) is 6.36. The monoisotopic (exact) mass is 406 g/mol. The van der Waals surface area contributed by atoms with E-state index in [1.807, 2.05) is 7.05 Å². The fourth-order valence-electron chi connectivity index (χ4n) is 4.63. The highest BCUT2D eigenvalue weighted by Crippen LogP contribution is 2.32. The minimum atomic E-state index is 0.270. The van der Waals surface area contributed by atoms with Crippen molar-refractivity contribution in [2.24, 2.45) is 18.9 Å². The second-order valence-corrected chi connectivity index (χ2v) is 8.42. The first-order valence-electron chi connectivity index (χ1n) is 10.2. The van der Waals surface area contributed by atoms with Crippen LogP contribution in [0.2, 0.25) is 5.28 Å². The van der Waals surface area contributed by atoms with Crippen molar-refractivity contribution >= 4 is 28.6 Å². The topological polar surface area (TPSA) is 68.5 Å². The molecular formula is C19H27ClN6O2. The molecule has 9 heteroatoms. The molecule has 3 aliphatic rings. The molecule has 5 rings (SSSR count). The number of morpholine rings is 1. The third kappa shape index (κ3) is 3.47. The molecule has 5 heterocycles. The predicted octanol–water partition coefficient (Wildman–Crippen LogP) is 1.71. The highest BCUT2D eigenvalue weighted by molar-refractivity contribution is 6.28. The Labute approximate surface area is 169 Å². The fraction of sp³-hybridized carbons (Fsp3) is 0.737. The molecule has 152 valence electrons. The zero-order valence-corrected chi connectivity index (χ0v) is 17.1. The quantitative estimate of drug-likeness (QED) is 0.716. The molecule has 0 aliphatic carbocycles. The van der Waals surface area contributed by atoms with Gasteiger partial charge in [0, 0.05) is 46.4 Å². The molecule has 0 radical (unpaired) electrons. The van der Waals surface area contributed by atoms with Crippen LogP contribution in [-0.4, -0.2) is 77.0 Å². The maximum atomic E-state index is 6.23. The number of likely N-dealkylation sites (tertiary alicyclic amines) is 1. The summed E-state index contributed by atoms with van der Waals surface area (Å²) in [7, 11) is 2.02. The molecule has 0 aromatic carbocycles. The predicted molar refractivity (Wildman–Crippen MR) is 107 cm³/mol. The van der Waals surface area contributed by atoms with Gasteiger partial charge in [0.25, 0.3) is 0 Å². The smallest absolute Gasteiger partial charge is 0.226 e. The molecule has 28 heavy (non-hydrogen) atoms. The van der Waals surface area contributed by atoms with Crippen LogP contribution in [-0.2, 0) is 23.1 Å². The minimum Gasteiger partial charge on any atom is -0.381 e. The van der Waals surface area contributed by atoms with Crippen LogP contribution in [0.3, 0.4) is 0 Å². The van der Waals surface area contributed by atoms with Gasteiger partial charge < -0.3 is 18.9 Å². The van der Waals surface area contributed by atoms with Gasteiger partial charge in [-0.3, -0.25) is 4.90 Å². The van der Waals surface area contributed by atoms with E-state index in [-0.39, 0.29) is 5.28 Å². The van der Waals surface area contributed by atoms with Gasteiger partial charge in [0.2, 0.25) is 5.28 Å². The Balaban J connectivity index is 1.33. The molecule has 2 aromatic rings. The van der Waals surface area contributed by atoms with Gasteiger partial charge in [-0.15, -0.1) is 0 Å². The third-order valence-corrected chi connectivity index (χ3v) is 6.53. The Bertz CT molecular complexity index is 841. The summed E-state index contributed by atoms with van der Waals surface area (Å²) in [4.78, 5) is 18.5. The fourth-order valence-corrected chi connectivity index (χ4v) is 4.79. The number of hydrogen-bond donors (Lipinski definition) is 0. The number of anilines is 1. The van der Waals surface area contributed by atoms with Crippen molar-refractivity contribution in [2.45, 2.75) is 19.4 Å². The van der Waals surface area contributed by atoms with Gasteiger partial charge in [-0.05, 0) is 36.3 Å². The lowest BCUT2D eigenvalue weighted by atomic mass is 9.81. The molecule has 0 bridgehead atoms. The van der Waals surface area contributed by atoms with E-state index in [9.17, 15) is 0 Å². The normalized spacial score (nSPS) is 22.7. The molecule has 0 atom stereocenters. The van der Waals surface area contributed by atoms with E-state index in [2.05, 4.69) is 24.3 Å². The van der Waals surface area contributed by atoms with Crippen molar-refractivity contribution in [3.63, 3.8) is 0 Å². The lowest BCUT2D eigenvalue weighted by Crippen LogP contribution is -2.50. The second kappa shape index (κ2) is 7.74. The number of imidazole rings is 1. The van der Waals surface area contributed by atoms with E-state index in [1.54, 1.807) is 0 Å². The molecule has 3 saturated heterocycles. The van der Waals surface area contributed by atoms with E-state index in [0.717, 1.165) is 80.6 Å². The van der Waals surface area contributed by atoms with E-state index in [4.69, 9.17) is 26.1 Å². The Hall–Kier alpha value is -1.48. The molecule has 0 N–H and O–H groups in total. The van der Waals surface area contributed by atoms with Crippen LogP contribution in [0.5, 0.6) is 0 Å². The average molecular weight is 407 g/mol. The number of fused-ring (bicyclic) bond motifs is 1. The summed E-state index contributed by atoms with van der Waals surface area (Å²) in [6.07, 6.45) is 2.42. The van der Waals surface area contributed by atoms with E-state index in [1.165, 1.54) is 12.8 Å². The number of ether oxygens (including phenoxy) is 2. The van der Waals surface area contributed by atoms with Crippen molar-refractivity contribution < 1.29 is 9.47 Å². The standard InChI is InChI=1S/C19H27ClN6O2/c1-24-15(12-25-10-14(11-25)13-2-6-27-7-3-13)21-16-17(24)22-19(20)23-18(16)26-4-8-28-9-5-26/h13-14H,2-12H2,1H3. The zero-order chi connectivity index (χ0) is 19.1. The summed E-state index contributed by atoms with van der Waals surface area (Å²) >= 11 is 6.23. The first kappa shape index (κ1) is 18.5. The van der Waals surface area contributed by atoms with Gasteiger partial charge in [-0.2, -0.15) is 9.97 Å². The van der Waals surface area contributed by atoms with E-state index in [0.29, 0.717) is 13.2 Å². The maximum Gasteiger partial charge on any atom is 0.226 e. The largest absolute Gasteiger partial charge is 0.381 e. The molecule has 0 amide bonds. The number of aromatic nitrogens is 4. The number of rotatable bonds is 4. The summed E-state index contributed by atoms with van der Waals surface area (Å²) < 4.78 is 13.0. The molecule has 0 unspecified atom stereocenters. The van der Waals surface area contributed by atoms with E-state index < -0.39 is 0 Å². The second-order valence-electron chi connectivity index (χ2n) is 8.08. The number of hydrogen-bond acceptors (Lipinski definition) is 7. The molecule has 2 aromatic heterocycles. The molecular weight excluding hydrogens is 380 g/mol. The van der Waals surface area contributed by atoms with Gasteiger partial charge in [0.1, 0.15) is 5.82 Å². The molecule has 0 spiro atoms. The lowest BCUT2D eigenvalue weighted by Gasteiger charge is -2.44. The Morgan fingerprint density at radius 1 is 0.964 bits per heavy atom. The molecule has 3 fully saturated rings. The average Bonchev–Trinajstić information content (AvgIpc) is 3.01. The Morgan fingerprint density at radius 2 is 1.68 bits per heavy atom. The van der Waals surface area contributed by atoms with Gasteiger partial charge in [0.05, 0.1) is 19.8 Å². The van der Waals surface area contributed by atoms with Gasteiger partial charge >= 0.3 is 0 Å². The summed E-state index contributed by atoms with van der Waals surface area (Å²) in [5, 5.41) is 0.270. The van der Waals surface area contributed by atoms with Crippen LogP contribution in [0.4, 0.5) is 5.82 Å².